The van der Waals surface area contributed by atoms with Gasteiger partial charge in [0.1, 0.15) is 23.5 Å². The van der Waals surface area contributed by atoms with Crippen molar-refractivity contribution in [2.75, 3.05) is 13.7 Å². The van der Waals surface area contributed by atoms with E-state index in [4.69, 9.17) is 34.8 Å². The molecule has 5 aromatic rings. The second-order valence-electron chi connectivity index (χ2n) is 10.2. The molecule has 5 rings (SSSR count). The fourth-order valence-corrected chi connectivity index (χ4v) is 4.30. The topological polar surface area (TPSA) is 184 Å². The first-order valence-electron chi connectivity index (χ1n) is 14.2. The van der Waals surface area contributed by atoms with Crippen LogP contribution in [0.25, 0.3) is 11.4 Å². The Labute approximate surface area is 272 Å². The zero-order valence-electron chi connectivity index (χ0n) is 25.7. The minimum absolute atomic E-state index is 0.0108. The summed E-state index contributed by atoms with van der Waals surface area (Å²) >= 11 is 0. The van der Waals surface area contributed by atoms with E-state index >= 15 is 8.78 Å². The first kappa shape index (κ1) is 33.2. The van der Waals surface area contributed by atoms with Gasteiger partial charge >= 0.3 is 5.97 Å². The molecular formula is C33H29F2N5O8. The molecule has 0 aliphatic carbocycles. The summed E-state index contributed by atoms with van der Waals surface area (Å²) in [5, 5.41) is 27.3. The van der Waals surface area contributed by atoms with E-state index in [1.807, 2.05) is 0 Å². The number of aliphatic hydroxyl groups is 1. The number of phenols is 1. The molecule has 15 heteroatoms. The quantitative estimate of drug-likeness (QED) is 0.0733. The number of aliphatic hydroxyl groups excluding tert-OH is 1. The summed E-state index contributed by atoms with van der Waals surface area (Å²) in [6.45, 7) is 1.09. The van der Waals surface area contributed by atoms with Crippen molar-refractivity contribution < 1.29 is 47.5 Å². The second-order valence-corrected chi connectivity index (χ2v) is 10.2. The number of nitrogens with two attached hydrogens (primary N) is 1. The summed E-state index contributed by atoms with van der Waals surface area (Å²) < 4.78 is 61.2. The molecule has 1 atom stereocenters. The maximum absolute atomic E-state index is 16.1. The Kier molecular flexibility index (Phi) is 9.70. The zero-order valence-corrected chi connectivity index (χ0v) is 25.7. The number of nitrogens with one attached hydrogen (secondary N) is 1. The van der Waals surface area contributed by atoms with E-state index in [0.29, 0.717) is 11.4 Å². The van der Waals surface area contributed by atoms with E-state index in [2.05, 4.69) is 9.97 Å². The number of halogens is 2. The minimum Gasteiger partial charge on any atom is -0.504 e. The molecule has 13 nitrogen and oxygen atoms in total. The first-order valence-corrected chi connectivity index (χ1v) is 14.2. The minimum atomic E-state index is -1.43. The van der Waals surface area contributed by atoms with Gasteiger partial charge in [0.15, 0.2) is 23.0 Å². The van der Waals surface area contributed by atoms with Crippen molar-refractivity contribution >= 4 is 11.8 Å². The maximum atomic E-state index is 16.1. The smallest absolute Gasteiger partial charge is 0.338 e. The predicted octanol–water partition coefficient (Wildman–Crippen LogP) is 5.67. The van der Waals surface area contributed by atoms with Crippen molar-refractivity contribution in [1.29, 1.82) is 5.41 Å². The van der Waals surface area contributed by atoms with Gasteiger partial charge in [-0.1, -0.05) is 12.1 Å². The van der Waals surface area contributed by atoms with Crippen LogP contribution in [-0.2, 0) is 11.8 Å². The molecule has 2 heterocycles. The number of carbonyl (C=O) groups is 1. The third-order valence-electron chi connectivity index (χ3n) is 6.76. The molecule has 2 aromatic heterocycles. The Balaban J connectivity index is 1.58. The monoisotopic (exact) mass is 661 g/mol. The van der Waals surface area contributed by atoms with Crippen LogP contribution >= 0.6 is 0 Å². The number of imidazole rings is 1. The van der Waals surface area contributed by atoms with E-state index in [-0.39, 0.29) is 40.0 Å². The summed E-state index contributed by atoms with van der Waals surface area (Å²) in [5.74, 6) is -7.05. The highest BCUT2D eigenvalue weighted by atomic mass is 19.1. The van der Waals surface area contributed by atoms with Gasteiger partial charge in [0.05, 0.1) is 19.3 Å². The lowest BCUT2D eigenvalue weighted by molar-refractivity contribution is 0.0196. The van der Waals surface area contributed by atoms with Crippen LogP contribution in [0.1, 0.15) is 22.8 Å². The Hall–Kier alpha value is -6.22. The van der Waals surface area contributed by atoms with Crippen molar-refractivity contribution in [2.45, 2.75) is 13.0 Å². The second kappa shape index (κ2) is 14.0. The number of methoxy groups -OCH3 is 1. The number of aromatic nitrogens is 3. The van der Waals surface area contributed by atoms with Crippen LogP contribution in [0.5, 0.6) is 46.3 Å². The van der Waals surface area contributed by atoms with Crippen LogP contribution in [0.4, 0.5) is 8.78 Å². The molecule has 0 bridgehead atoms. The summed E-state index contributed by atoms with van der Waals surface area (Å²) in [6.07, 6.45) is 2.57. The molecule has 248 valence electrons. The van der Waals surface area contributed by atoms with Gasteiger partial charge in [-0.2, -0.15) is 13.8 Å². The Morgan fingerprint density at radius 2 is 1.69 bits per heavy atom. The molecule has 0 radical (unpaired) electrons. The number of rotatable bonds is 12. The van der Waals surface area contributed by atoms with Crippen LogP contribution < -0.4 is 24.7 Å². The summed E-state index contributed by atoms with van der Waals surface area (Å²) in [4.78, 5) is 20.7. The van der Waals surface area contributed by atoms with Crippen LogP contribution in [-0.4, -0.2) is 56.4 Å². The average molecular weight is 662 g/mol. The summed E-state index contributed by atoms with van der Waals surface area (Å²) in [5.41, 5.74) is 6.32. The molecule has 0 saturated heterocycles. The molecule has 0 aliphatic heterocycles. The molecule has 1 unspecified atom stereocenters. The fraction of sp³-hybridized carbons (Fsp3) is 0.152. The molecule has 48 heavy (non-hydrogen) atoms. The first-order chi connectivity index (χ1) is 23.0. The SMILES string of the molecule is COc1cc(C(=O)OC(C)CO)ccc1Oc1c(F)c(Oc2cccc(-c3nccn3C)c2)nc(Oc2cc(C(=N)N)ccc2O)c1F. The molecule has 0 saturated carbocycles. The lowest BCUT2D eigenvalue weighted by Gasteiger charge is -2.17. The van der Waals surface area contributed by atoms with Crippen molar-refractivity contribution in [1.82, 2.24) is 14.5 Å². The number of ether oxygens (including phenoxy) is 5. The van der Waals surface area contributed by atoms with Gasteiger partial charge in [0.25, 0.3) is 11.8 Å². The van der Waals surface area contributed by atoms with Gasteiger partial charge in [-0.3, -0.25) is 5.41 Å². The van der Waals surface area contributed by atoms with E-state index < -0.39 is 53.6 Å². The van der Waals surface area contributed by atoms with Gasteiger partial charge < -0.3 is 44.2 Å². The number of nitrogen functional groups attached to an aromatic ring is 1. The van der Waals surface area contributed by atoms with Crippen LogP contribution in [0.2, 0.25) is 0 Å². The molecule has 0 fully saturated rings. The van der Waals surface area contributed by atoms with Crippen molar-refractivity contribution in [3.8, 4) is 57.6 Å². The van der Waals surface area contributed by atoms with Gasteiger partial charge in [0, 0.05) is 30.6 Å². The van der Waals surface area contributed by atoms with E-state index in [1.54, 1.807) is 42.2 Å². The predicted molar refractivity (Wildman–Crippen MR) is 167 cm³/mol. The Morgan fingerprint density at radius 3 is 2.35 bits per heavy atom. The van der Waals surface area contributed by atoms with Gasteiger partial charge in [-0.05, 0) is 55.5 Å². The highest BCUT2D eigenvalue weighted by Gasteiger charge is 2.28. The number of hydrogen-bond donors (Lipinski definition) is 4. The van der Waals surface area contributed by atoms with E-state index in [9.17, 15) is 15.0 Å². The number of benzene rings is 3. The molecule has 0 aliphatic rings. The highest BCUT2D eigenvalue weighted by molar-refractivity contribution is 5.95. The lowest BCUT2D eigenvalue weighted by Crippen LogP contribution is -2.18. The Morgan fingerprint density at radius 1 is 0.979 bits per heavy atom. The molecule has 0 amide bonds. The van der Waals surface area contributed by atoms with E-state index in [0.717, 1.165) is 6.07 Å². The van der Waals surface area contributed by atoms with Gasteiger partial charge in [-0.15, -0.1) is 0 Å². The van der Waals surface area contributed by atoms with Gasteiger partial charge in [-0.25, -0.2) is 9.78 Å². The number of aromatic hydroxyl groups is 1. The zero-order chi connectivity index (χ0) is 34.5. The fourth-order valence-electron chi connectivity index (χ4n) is 4.30. The number of aryl methyl sites for hydroxylation is 1. The summed E-state index contributed by atoms with van der Waals surface area (Å²) in [6, 6.07) is 13.9. The van der Waals surface area contributed by atoms with Gasteiger partial charge in [0.2, 0.25) is 17.4 Å². The number of amidine groups is 1. The summed E-state index contributed by atoms with van der Waals surface area (Å²) in [7, 11) is 3.04. The molecular weight excluding hydrogens is 632 g/mol. The lowest BCUT2D eigenvalue weighted by atomic mass is 10.2. The third kappa shape index (κ3) is 7.10. The van der Waals surface area contributed by atoms with Crippen LogP contribution in [0.3, 0.4) is 0 Å². The number of carbonyl (C=O) groups excluding carboxylic acids is 1. The van der Waals surface area contributed by atoms with Crippen molar-refractivity contribution in [2.24, 2.45) is 12.8 Å². The third-order valence-corrected chi connectivity index (χ3v) is 6.76. The molecule has 5 N–H and O–H groups in total. The number of phenolic OH excluding ortho intramolecular Hbond substituents is 1. The number of pyridine rings is 1. The van der Waals surface area contributed by atoms with Crippen molar-refractivity contribution in [3.63, 3.8) is 0 Å². The van der Waals surface area contributed by atoms with Crippen LogP contribution in [0, 0.1) is 17.0 Å². The highest BCUT2D eigenvalue weighted by Crippen LogP contribution is 2.43. The normalized spacial score (nSPS) is 11.5. The van der Waals surface area contributed by atoms with Crippen LogP contribution in [0.15, 0.2) is 73.1 Å². The standard InChI is InChI=1S/C33H29F2N5O8/c1-17(16-41)45-33(43)20-8-10-23(25(15-20)44-3)47-28-26(34)31(46-21-6-4-5-19(13-21)30-38-11-12-40(30)2)39-32(27(28)35)48-24-14-18(29(36)37)7-9-22(24)42/h4-15,17,41-42H,16H2,1-3H3,(H3,36,37). The number of nitrogens with zero attached hydrogens (tertiary/aromatic N) is 3. The van der Waals surface area contributed by atoms with Crippen molar-refractivity contribution in [3.05, 3.63) is 95.8 Å². The number of hydrogen-bond acceptors (Lipinski definition) is 11. The van der Waals surface area contributed by atoms with E-state index in [1.165, 1.54) is 50.4 Å². The Bertz CT molecular complexity index is 2000. The maximum Gasteiger partial charge on any atom is 0.338 e. The molecule has 3 aromatic carbocycles. The molecule has 0 spiro atoms. The number of esters is 1. The average Bonchev–Trinajstić information content (AvgIpc) is 3.51. The largest absolute Gasteiger partial charge is 0.504 e.